The van der Waals surface area contributed by atoms with Gasteiger partial charge >= 0.3 is 0 Å². The molecule has 0 saturated carbocycles. The number of hydrogen-bond acceptors (Lipinski definition) is 4. The Morgan fingerprint density at radius 2 is 1.89 bits per heavy atom. The van der Waals surface area contributed by atoms with Crippen molar-refractivity contribution in [3.8, 4) is 17.2 Å². The zero-order chi connectivity index (χ0) is 18.9. The molecule has 0 spiro atoms. The van der Waals surface area contributed by atoms with Crippen LogP contribution in [-0.4, -0.2) is 24.6 Å². The molecule has 0 N–H and O–H groups in total. The predicted octanol–water partition coefficient (Wildman–Crippen LogP) is 4.30. The minimum Gasteiger partial charge on any atom is -0.489 e. The summed E-state index contributed by atoms with van der Waals surface area (Å²) in [6.07, 6.45) is 0.320. The van der Waals surface area contributed by atoms with Gasteiger partial charge in [-0.3, -0.25) is 4.79 Å². The van der Waals surface area contributed by atoms with Crippen LogP contribution in [0.3, 0.4) is 0 Å². The third-order valence-electron chi connectivity index (χ3n) is 5.98. The van der Waals surface area contributed by atoms with Gasteiger partial charge in [-0.15, -0.1) is 0 Å². The van der Waals surface area contributed by atoms with Crippen molar-refractivity contribution in [2.75, 3.05) is 6.61 Å². The first-order valence-electron chi connectivity index (χ1n) is 9.36. The van der Waals surface area contributed by atoms with Gasteiger partial charge in [-0.1, -0.05) is 12.6 Å². The molecular weight excluding hydrogens is 340 g/mol. The van der Waals surface area contributed by atoms with Gasteiger partial charge in [-0.25, -0.2) is 0 Å². The van der Waals surface area contributed by atoms with E-state index in [1.807, 2.05) is 25.1 Å². The summed E-state index contributed by atoms with van der Waals surface area (Å²) in [4.78, 5) is 13.4. The fourth-order valence-corrected chi connectivity index (χ4v) is 4.28. The molecular formula is C23H22O4. The standard InChI is InChI=1S/C23H22O4/c1-11(2)18-9-16-17(26-18)6-5-14-22(24)21-15-7-12(3)13(4)8-19(15)25-10-20(21)27-23(14)16/h5-8,18,20-21H,1,9-10H2,2-4H3/t18-,20-,21+/m1/s1. The van der Waals surface area contributed by atoms with E-state index in [-0.39, 0.29) is 23.9 Å². The van der Waals surface area contributed by atoms with Crippen LogP contribution in [0.4, 0.5) is 0 Å². The van der Waals surface area contributed by atoms with Crippen molar-refractivity contribution < 1.29 is 19.0 Å². The molecule has 0 amide bonds. The van der Waals surface area contributed by atoms with E-state index in [0.29, 0.717) is 24.3 Å². The number of ether oxygens (including phenoxy) is 3. The van der Waals surface area contributed by atoms with Crippen molar-refractivity contribution in [2.45, 2.75) is 45.3 Å². The Labute approximate surface area is 158 Å². The second kappa shape index (κ2) is 5.62. The molecule has 0 aliphatic carbocycles. The van der Waals surface area contributed by atoms with Gasteiger partial charge in [0, 0.05) is 17.5 Å². The number of fused-ring (bicyclic) bond motifs is 6. The van der Waals surface area contributed by atoms with Gasteiger partial charge in [-0.05, 0) is 55.7 Å². The van der Waals surface area contributed by atoms with Gasteiger partial charge in [0.25, 0.3) is 0 Å². The van der Waals surface area contributed by atoms with Crippen LogP contribution in [0, 0.1) is 13.8 Å². The largest absolute Gasteiger partial charge is 0.489 e. The van der Waals surface area contributed by atoms with Crippen LogP contribution in [0.2, 0.25) is 0 Å². The first kappa shape index (κ1) is 16.4. The maximum Gasteiger partial charge on any atom is 0.178 e. The maximum absolute atomic E-state index is 13.4. The molecule has 3 aliphatic heterocycles. The van der Waals surface area contributed by atoms with Crippen molar-refractivity contribution >= 4 is 5.78 Å². The van der Waals surface area contributed by atoms with Gasteiger partial charge < -0.3 is 14.2 Å². The van der Waals surface area contributed by atoms with Crippen LogP contribution in [0.25, 0.3) is 0 Å². The molecule has 2 aromatic rings. The molecule has 0 aromatic heterocycles. The molecule has 0 bridgehead atoms. The number of rotatable bonds is 1. The number of carbonyl (C=O) groups excluding carboxylic acids is 1. The number of hydrogen-bond donors (Lipinski definition) is 0. The minimum atomic E-state index is -0.321. The molecule has 5 rings (SSSR count). The van der Waals surface area contributed by atoms with E-state index in [2.05, 4.69) is 26.5 Å². The monoisotopic (exact) mass is 362 g/mol. The van der Waals surface area contributed by atoms with Gasteiger partial charge in [0.2, 0.25) is 0 Å². The van der Waals surface area contributed by atoms with Crippen LogP contribution in [0.15, 0.2) is 36.4 Å². The lowest BCUT2D eigenvalue weighted by Crippen LogP contribution is -2.43. The van der Waals surface area contributed by atoms with E-state index in [9.17, 15) is 4.79 Å². The summed E-state index contributed by atoms with van der Waals surface area (Å²) in [6.45, 7) is 10.4. The Hall–Kier alpha value is -2.75. The highest BCUT2D eigenvalue weighted by Gasteiger charge is 2.45. The molecule has 138 valence electrons. The summed E-state index contributed by atoms with van der Waals surface area (Å²) in [6, 6.07) is 7.82. The summed E-state index contributed by atoms with van der Waals surface area (Å²) < 4.78 is 18.3. The summed E-state index contributed by atoms with van der Waals surface area (Å²) >= 11 is 0. The van der Waals surface area contributed by atoms with Gasteiger partial charge in [-0.2, -0.15) is 0 Å². The van der Waals surface area contributed by atoms with Crippen LogP contribution < -0.4 is 14.2 Å². The minimum absolute atomic E-state index is 0.0584. The molecule has 0 unspecified atom stereocenters. The van der Waals surface area contributed by atoms with E-state index in [0.717, 1.165) is 39.3 Å². The smallest absolute Gasteiger partial charge is 0.178 e. The zero-order valence-corrected chi connectivity index (χ0v) is 15.8. The van der Waals surface area contributed by atoms with Gasteiger partial charge in [0.1, 0.15) is 36.1 Å². The maximum atomic E-state index is 13.4. The third-order valence-corrected chi connectivity index (χ3v) is 5.98. The van der Waals surface area contributed by atoms with Gasteiger partial charge in [0.05, 0.1) is 11.5 Å². The highest BCUT2D eigenvalue weighted by molar-refractivity contribution is 6.05. The Bertz CT molecular complexity index is 1000. The average molecular weight is 362 g/mol. The van der Waals surface area contributed by atoms with E-state index in [1.54, 1.807) is 0 Å². The summed E-state index contributed by atoms with van der Waals surface area (Å²) in [7, 11) is 0. The molecule has 0 saturated heterocycles. The molecule has 27 heavy (non-hydrogen) atoms. The Kier molecular flexibility index (Phi) is 3.42. The summed E-state index contributed by atoms with van der Waals surface area (Å²) in [5.41, 5.74) is 5.84. The highest BCUT2D eigenvalue weighted by atomic mass is 16.5. The van der Waals surface area contributed by atoms with Crippen LogP contribution in [0.5, 0.6) is 17.2 Å². The number of aryl methyl sites for hydroxylation is 2. The molecule has 4 heteroatoms. The van der Waals surface area contributed by atoms with Crippen molar-refractivity contribution in [3.05, 3.63) is 64.2 Å². The predicted molar refractivity (Wildman–Crippen MR) is 102 cm³/mol. The lowest BCUT2D eigenvalue weighted by molar-refractivity contribution is 0.0556. The molecule has 3 heterocycles. The second-order valence-corrected chi connectivity index (χ2v) is 7.86. The van der Waals surface area contributed by atoms with Crippen molar-refractivity contribution in [1.29, 1.82) is 0 Å². The Morgan fingerprint density at radius 1 is 1.11 bits per heavy atom. The van der Waals surface area contributed by atoms with E-state index >= 15 is 0 Å². The Balaban J connectivity index is 1.60. The van der Waals surface area contributed by atoms with E-state index in [4.69, 9.17) is 14.2 Å². The number of benzene rings is 2. The van der Waals surface area contributed by atoms with Gasteiger partial charge in [0.15, 0.2) is 5.78 Å². The number of carbonyl (C=O) groups is 1. The lowest BCUT2D eigenvalue weighted by atomic mass is 9.80. The average Bonchev–Trinajstić information content (AvgIpc) is 3.08. The molecule has 2 aromatic carbocycles. The highest BCUT2D eigenvalue weighted by Crippen LogP contribution is 2.48. The fraction of sp³-hybridized carbons (Fsp3) is 0.348. The second-order valence-electron chi connectivity index (χ2n) is 7.86. The van der Waals surface area contributed by atoms with Crippen molar-refractivity contribution in [3.63, 3.8) is 0 Å². The molecule has 3 aliphatic rings. The van der Waals surface area contributed by atoms with Crippen molar-refractivity contribution in [1.82, 2.24) is 0 Å². The topological polar surface area (TPSA) is 44.8 Å². The Morgan fingerprint density at radius 3 is 2.67 bits per heavy atom. The number of ketones is 1. The van der Waals surface area contributed by atoms with Crippen molar-refractivity contribution in [2.24, 2.45) is 0 Å². The van der Waals surface area contributed by atoms with E-state index < -0.39 is 0 Å². The summed E-state index contributed by atoms with van der Waals surface area (Å²) in [5, 5.41) is 0. The fourth-order valence-electron chi connectivity index (χ4n) is 4.28. The lowest BCUT2D eigenvalue weighted by Gasteiger charge is -2.37. The van der Waals surface area contributed by atoms with Crippen LogP contribution >= 0.6 is 0 Å². The number of Topliss-reactive ketones (excluding diaryl/α,β-unsaturated/α-hetero) is 1. The van der Waals surface area contributed by atoms with E-state index in [1.165, 1.54) is 0 Å². The first-order valence-corrected chi connectivity index (χ1v) is 9.36. The summed E-state index contributed by atoms with van der Waals surface area (Å²) in [5.74, 6) is 2.04. The zero-order valence-electron chi connectivity index (χ0n) is 15.8. The van der Waals surface area contributed by atoms with Crippen LogP contribution in [-0.2, 0) is 6.42 Å². The first-order chi connectivity index (χ1) is 12.9. The normalized spacial score (nSPS) is 24.6. The van der Waals surface area contributed by atoms with Crippen LogP contribution in [0.1, 0.15) is 45.5 Å². The third kappa shape index (κ3) is 2.32. The quantitative estimate of drug-likeness (QED) is 0.710. The molecule has 0 radical (unpaired) electrons. The molecule has 0 fully saturated rings. The SMILES string of the molecule is C=C(C)[C@H]1Cc2c(ccc3c2O[C@@H]2COc4cc(C)c(C)cc4[C@@H]2C3=O)O1. The molecule has 4 nitrogen and oxygen atoms in total. The molecule has 3 atom stereocenters.